The summed E-state index contributed by atoms with van der Waals surface area (Å²) in [7, 11) is 3.72. The van der Waals surface area contributed by atoms with E-state index in [0.717, 1.165) is 22.2 Å². The lowest BCUT2D eigenvalue weighted by Crippen LogP contribution is -2.47. The van der Waals surface area contributed by atoms with E-state index in [4.69, 9.17) is 9.73 Å². The molecule has 1 saturated carbocycles. The summed E-state index contributed by atoms with van der Waals surface area (Å²) in [5.74, 6) is 1.80. The number of nitrogens with zero attached hydrogens (tertiary/aromatic N) is 3. The van der Waals surface area contributed by atoms with Gasteiger partial charge < -0.3 is 14.5 Å². The minimum absolute atomic E-state index is 0.0600. The van der Waals surface area contributed by atoms with Crippen molar-refractivity contribution in [1.29, 1.82) is 0 Å². The molecule has 136 valence electrons. The number of amides is 1. The molecule has 1 saturated heterocycles. The van der Waals surface area contributed by atoms with E-state index < -0.39 is 0 Å². The average Bonchev–Trinajstić information content (AvgIpc) is 3.24. The van der Waals surface area contributed by atoms with Crippen molar-refractivity contribution in [3.8, 4) is 5.75 Å². The number of hydrogen-bond acceptors (Lipinski definition) is 4. The fourth-order valence-electron chi connectivity index (χ4n) is 3.46. The molecule has 1 aliphatic heterocycles. The minimum atomic E-state index is 0.0600. The van der Waals surface area contributed by atoms with Crippen molar-refractivity contribution >= 4 is 22.8 Å². The molecule has 0 radical (unpaired) electrons. The number of carbonyl (C=O) groups excluding carboxylic acids is 1. The molecule has 1 aromatic carbocycles. The summed E-state index contributed by atoms with van der Waals surface area (Å²) in [4.78, 5) is 21.3. The summed E-state index contributed by atoms with van der Waals surface area (Å²) in [5, 5.41) is 1.08. The Labute approximate surface area is 154 Å². The zero-order chi connectivity index (χ0) is 17.8. The van der Waals surface area contributed by atoms with E-state index in [2.05, 4.69) is 11.9 Å². The Bertz CT molecular complexity index is 626. The maximum atomic E-state index is 12.3. The number of thioether (sulfide) groups is 1. The van der Waals surface area contributed by atoms with Crippen LogP contribution >= 0.6 is 11.8 Å². The lowest BCUT2D eigenvalue weighted by Gasteiger charge is -2.33. The number of hydrogen-bond donors (Lipinski definition) is 0. The number of ether oxygens (including phenoxy) is 1. The lowest BCUT2D eigenvalue weighted by molar-refractivity contribution is -0.133. The van der Waals surface area contributed by atoms with Crippen LogP contribution in [0.15, 0.2) is 29.3 Å². The minimum Gasteiger partial charge on any atom is -0.497 e. The molecule has 1 aliphatic carbocycles. The SMILES string of the molecule is COc1ccc(CN(C(C)=O)C2CSC(=NC3CCCC3)N2C)cc1. The lowest BCUT2D eigenvalue weighted by atomic mass is 10.2. The van der Waals surface area contributed by atoms with Gasteiger partial charge in [-0.25, -0.2) is 0 Å². The van der Waals surface area contributed by atoms with E-state index in [1.165, 1.54) is 25.7 Å². The van der Waals surface area contributed by atoms with Gasteiger partial charge in [0.25, 0.3) is 0 Å². The quantitative estimate of drug-likeness (QED) is 0.807. The van der Waals surface area contributed by atoms with Crippen molar-refractivity contribution in [1.82, 2.24) is 9.80 Å². The first-order valence-corrected chi connectivity index (χ1v) is 9.90. The van der Waals surface area contributed by atoms with Crippen LogP contribution in [0.5, 0.6) is 5.75 Å². The first kappa shape index (κ1) is 18.1. The Morgan fingerprint density at radius 1 is 1.32 bits per heavy atom. The van der Waals surface area contributed by atoms with Crippen molar-refractivity contribution in [3.63, 3.8) is 0 Å². The average molecular weight is 362 g/mol. The van der Waals surface area contributed by atoms with Gasteiger partial charge >= 0.3 is 0 Å². The highest BCUT2D eigenvalue weighted by molar-refractivity contribution is 8.14. The molecule has 2 aliphatic rings. The normalized spacial score (nSPS) is 22.6. The zero-order valence-corrected chi connectivity index (χ0v) is 16.1. The molecule has 3 rings (SSSR count). The monoisotopic (exact) mass is 361 g/mol. The van der Waals surface area contributed by atoms with Gasteiger partial charge in [-0.2, -0.15) is 0 Å². The molecule has 0 spiro atoms. The Morgan fingerprint density at radius 2 is 2.00 bits per heavy atom. The van der Waals surface area contributed by atoms with Gasteiger partial charge in [-0.1, -0.05) is 36.7 Å². The summed E-state index contributed by atoms with van der Waals surface area (Å²) in [6.07, 6.45) is 5.03. The van der Waals surface area contributed by atoms with Gasteiger partial charge in [0, 0.05) is 26.3 Å². The molecule has 1 unspecified atom stereocenters. The summed E-state index contributed by atoms with van der Waals surface area (Å²) in [5.41, 5.74) is 1.11. The van der Waals surface area contributed by atoms with Gasteiger partial charge in [-0.05, 0) is 30.5 Å². The van der Waals surface area contributed by atoms with Crippen LogP contribution in [0.1, 0.15) is 38.2 Å². The first-order valence-electron chi connectivity index (χ1n) is 8.92. The highest BCUT2D eigenvalue weighted by Crippen LogP contribution is 2.29. The maximum absolute atomic E-state index is 12.3. The van der Waals surface area contributed by atoms with E-state index >= 15 is 0 Å². The van der Waals surface area contributed by atoms with E-state index in [-0.39, 0.29) is 12.1 Å². The molecule has 5 nitrogen and oxygen atoms in total. The number of benzene rings is 1. The Hall–Kier alpha value is -1.69. The van der Waals surface area contributed by atoms with Crippen molar-refractivity contribution in [2.24, 2.45) is 4.99 Å². The molecule has 0 bridgehead atoms. The summed E-state index contributed by atoms with van der Waals surface area (Å²) in [6.45, 7) is 2.25. The molecule has 1 amide bonds. The molecule has 25 heavy (non-hydrogen) atoms. The molecule has 1 aromatic rings. The highest BCUT2D eigenvalue weighted by Gasteiger charge is 2.34. The second-order valence-corrected chi connectivity index (χ2v) is 7.73. The number of rotatable bonds is 5. The van der Waals surface area contributed by atoms with E-state index in [0.29, 0.717) is 12.6 Å². The van der Waals surface area contributed by atoms with Crippen LogP contribution in [0, 0.1) is 0 Å². The maximum Gasteiger partial charge on any atom is 0.221 e. The smallest absolute Gasteiger partial charge is 0.221 e. The third kappa shape index (κ3) is 4.29. The molecular formula is C19H27N3O2S. The van der Waals surface area contributed by atoms with Crippen molar-refractivity contribution in [2.45, 2.75) is 51.4 Å². The number of carbonyl (C=O) groups is 1. The van der Waals surface area contributed by atoms with Gasteiger partial charge in [0.2, 0.25) is 5.91 Å². The van der Waals surface area contributed by atoms with Crippen LogP contribution in [-0.4, -0.2) is 53.0 Å². The topological polar surface area (TPSA) is 45.1 Å². The second-order valence-electron chi connectivity index (χ2n) is 6.75. The van der Waals surface area contributed by atoms with Crippen molar-refractivity contribution < 1.29 is 9.53 Å². The molecule has 0 aromatic heterocycles. The molecule has 1 heterocycles. The van der Waals surface area contributed by atoms with Crippen LogP contribution < -0.4 is 4.74 Å². The fourth-order valence-corrected chi connectivity index (χ4v) is 4.71. The van der Waals surface area contributed by atoms with Crippen molar-refractivity contribution in [3.05, 3.63) is 29.8 Å². The summed E-state index contributed by atoms with van der Waals surface area (Å²) in [6, 6.07) is 8.38. The first-order chi connectivity index (χ1) is 12.1. The molecular weight excluding hydrogens is 334 g/mol. The third-order valence-electron chi connectivity index (χ3n) is 5.00. The second kappa shape index (κ2) is 8.13. The van der Waals surface area contributed by atoms with Crippen LogP contribution in [0.3, 0.4) is 0 Å². The Balaban J connectivity index is 1.70. The Kier molecular flexibility index (Phi) is 5.89. The van der Waals surface area contributed by atoms with Gasteiger partial charge in [0.1, 0.15) is 11.9 Å². The molecule has 0 N–H and O–H groups in total. The number of methoxy groups -OCH3 is 1. The number of amidine groups is 1. The standard InChI is InChI=1S/C19H27N3O2S/c1-14(23)22(12-15-8-10-17(24-3)11-9-15)18-13-25-19(21(18)2)20-16-6-4-5-7-16/h8-11,16,18H,4-7,12-13H2,1-3H3. The van der Waals surface area contributed by atoms with E-state index in [1.807, 2.05) is 29.2 Å². The van der Waals surface area contributed by atoms with Crippen LogP contribution in [0.25, 0.3) is 0 Å². The van der Waals surface area contributed by atoms with Gasteiger partial charge in [-0.3, -0.25) is 9.79 Å². The molecule has 2 fully saturated rings. The molecule has 1 atom stereocenters. The van der Waals surface area contributed by atoms with Crippen molar-refractivity contribution in [2.75, 3.05) is 19.9 Å². The largest absolute Gasteiger partial charge is 0.497 e. The van der Waals surface area contributed by atoms with Gasteiger partial charge in [0.15, 0.2) is 5.17 Å². The van der Waals surface area contributed by atoms with Crippen LogP contribution in [-0.2, 0) is 11.3 Å². The third-order valence-corrected chi connectivity index (χ3v) is 6.12. The van der Waals surface area contributed by atoms with Gasteiger partial charge in [-0.15, -0.1) is 0 Å². The van der Waals surface area contributed by atoms with E-state index in [1.54, 1.807) is 25.8 Å². The Morgan fingerprint density at radius 3 is 2.60 bits per heavy atom. The predicted molar refractivity (Wildman–Crippen MR) is 103 cm³/mol. The van der Waals surface area contributed by atoms with Crippen LogP contribution in [0.2, 0.25) is 0 Å². The zero-order valence-electron chi connectivity index (χ0n) is 15.3. The molecule has 6 heteroatoms. The number of aliphatic imine (C=N–C) groups is 1. The van der Waals surface area contributed by atoms with Gasteiger partial charge in [0.05, 0.1) is 13.2 Å². The fraction of sp³-hybridized carbons (Fsp3) is 0.579. The predicted octanol–water partition coefficient (Wildman–Crippen LogP) is 3.35. The highest BCUT2D eigenvalue weighted by atomic mass is 32.2. The summed E-state index contributed by atoms with van der Waals surface area (Å²) >= 11 is 1.77. The van der Waals surface area contributed by atoms with E-state index in [9.17, 15) is 4.79 Å². The van der Waals surface area contributed by atoms with Crippen LogP contribution in [0.4, 0.5) is 0 Å². The summed E-state index contributed by atoms with van der Waals surface area (Å²) < 4.78 is 5.21.